The molecular weight excluding hydrogens is 437 g/mol. The van der Waals surface area contributed by atoms with Crippen LogP contribution in [-0.4, -0.2) is 25.0 Å². The number of hydrogen-bond donors (Lipinski definition) is 2. The van der Waals surface area contributed by atoms with E-state index in [1.54, 1.807) is 54.6 Å². The van der Waals surface area contributed by atoms with Crippen molar-refractivity contribution < 1.29 is 23.5 Å². The van der Waals surface area contributed by atoms with E-state index in [4.69, 9.17) is 9.47 Å². The largest absolute Gasteiger partial charge is 0.494 e. The molecule has 0 aromatic heterocycles. The summed E-state index contributed by atoms with van der Waals surface area (Å²) in [4.78, 5) is 24.8. The second-order valence-electron chi connectivity index (χ2n) is 6.94. The number of carbonyl (C=O) groups excluding carboxylic acids is 2. The molecule has 0 spiro atoms. The van der Waals surface area contributed by atoms with E-state index in [1.807, 2.05) is 13.0 Å². The van der Waals surface area contributed by atoms with Crippen LogP contribution >= 0.6 is 0 Å². The quantitative estimate of drug-likeness (QED) is 0.354. The van der Waals surface area contributed by atoms with Gasteiger partial charge in [-0.05, 0) is 55.5 Å². The van der Waals surface area contributed by atoms with Crippen molar-refractivity contribution in [3.63, 3.8) is 0 Å². The summed E-state index contributed by atoms with van der Waals surface area (Å²) in [5.41, 5.74) is 0.825. The van der Waals surface area contributed by atoms with Crippen LogP contribution < -0.4 is 20.1 Å². The average molecular weight is 459 g/mol. The van der Waals surface area contributed by atoms with Crippen molar-refractivity contribution in [3.8, 4) is 17.6 Å². The summed E-state index contributed by atoms with van der Waals surface area (Å²) < 4.78 is 24.6. The molecule has 8 heteroatoms. The number of hydrogen-bond acceptors (Lipinski definition) is 5. The first-order chi connectivity index (χ1) is 16.5. The Kier molecular flexibility index (Phi) is 8.36. The Hall–Kier alpha value is -4.64. The Morgan fingerprint density at radius 2 is 1.68 bits per heavy atom. The summed E-state index contributed by atoms with van der Waals surface area (Å²) in [5, 5.41) is 14.6. The molecule has 0 saturated heterocycles. The van der Waals surface area contributed by atoms with E-state index in [1.165, 1.54) is 24.3 Å². The third kappa shape index (κ3) is 6.68. The second kappa shape index (κ2) is 11.8. The lowest BCUT2D eigenvalue weighted by Gasteiger charge is -2.11. The second-order valence-corrected chi connectivity index (χ2v) is 6.94. The van der Waals surface area contributed by atoms with Gasteiger partial charge in [0, 0.05) is 11.3 Å². The smallest absolute Gasteiger partial charge is 0.266 e. The molecule has 3 aromatic carbocycles. The van der Waals surface area contributed by atoms with Crippen LogP contribution in [0.25, 0.3) is 6.08 Å². The van der Waals surface area contributed by atoms with Crippen LogP contribution in [0.2, 0.25) is 0 Å². The Labute approximate surface area is 196 Å². The van der Waals surface area contributed by atoms with E-state index >= 15 is 0 Å². The standard InChI is InChI=1S/C26H22FN3O4/c1-2-33-21-13-11-20(12-14-21)29-26(32)19(16-28)15-18-7-3-6-10-24(18)34-17-25(31)30-23-9-5-4-8-22(23)27/h3-15H,2,17H2,1H3,(H,29,32)(H,30,31)/b19-15+. The summed E-state index contributed by atoms with van der Waals surface area (Å²) in [5.74, 6) is -0.762. The normalized spacial score (nSPS) is 10.7. The molecule has 0 aliphatic carbocycles. The van der Waals surface area contributed by atoms with Crippen molar-refractivity contribution in [1.29, 1.82) is 5.26 Å². The molecule has 0 saturated carbocycles. The predicted molar refractivity (Wildman–Crippen MR) is 127 cm³/mol. The summed E-state index contributed by atoms with van der Waals surface area (Å²) in [6.45, 7) is 2.01. The Balaban J connectivity index is 1.68. The zero-order valence-corrected chi connectivity index (χ0v) is 18.4. The van der Waals surface area contributed by atoms with E-state index in [9.17, 15) is 19.2 Å². The van der Waals surface area contributed by atoms with Gasteiger partial charge in [-0.1, -0.05) is 30.3 Å². The molecule has 34 heavy (non-hydrogen) atoms. The first kappa shape index (κ1) is 24.0. The lowest BCUT2D eigenvalue weighted by atomic mass is 10.1. The molecular formula is C26H22FN3O4. The van der Waals surface area contributed by atoms with E-state index in [2.05, 4.69) is 10.6 Å². The highest BCUT2D eigenvalue weighted by atomic mass is 19.1. The zero-order chi connectivity index (χ0) is 24.3. The molecule has 0 heterocycles. The highest BCUT2D eigenvalue weighted by Gasteiger charge is 2.13. The van der Waals surface area contributed by atoms with Gasteiger partial charge in [0.05, 0.1) is 12.3 Å². The number of carbonyl (C=O) groups is 2. The van der Waals surface area contributed by atoms with Crippen molar-refractivity contribution in [1.82, 2.24) is 0 Å². The fourth-order valence-electron chi connectivity index (χ4n) is 2.93. The SMILES string of the molecule is CCOc1ccc(NC(=O)/C(C#N)=C/c2ccccc2OCC(=O)Nc2ccccc2F)cc1. The maximum absolute atomic E-state index is 13.7. The molecule has 0 unspecified atom stereocenters. The van der Waals surface area contributed by atoms with Crippen molar-refractivity contribution in [2.24, 2.45) is 0 Å². The molecule has 2 amide bonds. The number of benzene rings is 3. The number of halogens is 1. The Morgan fingerprint density at radius 3 is 2.38 bits per heavy atom. The minimum atomic E-state index is -0.598. The summed E-state index contributed by atoms with van der Waals surface area (Å²) in [7, 11) is 0. The van der Waals surface area contributed by atoms with Crippen molar-refractivity contribution in [2.45, 2.75) is 6.92 Å². The van der Waals surface area contributed by atoms with Gasteiger partial charge in [0.25, 0.3) is 11.8 Å². The summed E-state index contributed by atoms with van der Waals surface area (Å²) in [6.07, 6.45) is 1.37. The number of nitrogens with zero attached hydrogens (tertiary/aromatic N) is 1. The number of ether oxygens (including phenoxy) is 2. The van der Waals surface area contributed by atoms with Gasteiger partial charge in [-0.3, -0.25) is 9.59 Å². The van der Waals surface area contributed by atoms with E-state index in [-0.39, 0.29) is 23.6 Å². The van der Waals surface area contributed by atoms with Crippen LogP contribution in [0.3, 0.4) is 0 Å². The maximum atomic E-state index is 13.7. The number of amides is 2. The topological polar surface area (TPSA) is 100 Å². The minimum absolute atomic E-state index is 0.0435. The number of nitrogens with one attached hydrogen (secondary N) is 2. The fraction of sp³-hybridized carbons (Fsp3) is 0.115. The van der Waals surface area contributed by atoms with Crippen LogP contribution in [-0.2, 0) is 9.59 Å². The number of nitriles is 1. The van der Waals surface area contributed by atoms with Crippen LogP contribution in [0.1, 0.15) is 12.5 Å². The molecule has 0 fully saturated rings. The third-order valence-corrected chi connectivity index (χ3v) is 4.51. The van der Waals surface area contributed by atoms with Crippen molar-refractivity contribution in [3.05, 3.63) is 89.8 Å². The summed E-state index contributed by atoms with van der Waals surface area (Å²) in [6, 6.07) is 21.1. The minimum Gasteiger partial charge on any atom is -0.494 e. The number of para-hydroxylation sites is 2. The number of rotatable bonds is 9. The third-order valence-electron chi connectivity index (χ3n) is 4.51. The summed E-state index contributed by atoms with van der Waals surface area (Å²) >= 11 is 0. The molecule has 0 radical (unpaired) electrons. The molecule has 0 aliphatic rings. The van der Waals surface area contributed by atoms with Crippen molar-refractivity contribution in [2.75, 3.05) is 23.8 Å². The molecule has 0 atom stereocenters. The van der Waals surface area contributed by atoms with Gasteiger partial charge >= 0.3 is 0 Å². The fourth-order valence-corrected chi connectivity index (χ4v) is 2.93. The first-order valence-corrected chi connectivity index (χ1v) is 10.4. The molecule has 0 aliphatic heterocycles. The van der Waals surface area contributed by atoms with Gasteiger partial charge in [0.15, 0.2) is 6.61 Å². The predicted octanol–water partition coefficient (Wildman–Crippen LogP) is 4.79. The van der Waals surface area contributed by atoms with Crippen LogP contribution in [0.4, 0.5) is 15.8 Å². The molecule has 3 aromatic rings. The average Bonchev–Trinajstić information content (AvgIpc) is 2.84. The van der Waals surface area contributed by atoms with Crippen LogP contribution in [0, 0.1) is 17.1 Å². The van der Waals surface area contributed by atoms with Gasteiger partial charge in [0.2, 0.25) is 0 Å². The van der Waals surface area contributed by atoms with Crippen LogP contribution in [0.15, 0.2) is 78.4 Å². The lowest BCUT2D eigenvalue weighted by molar-refractivity contribution is -0.118. The van der Waals surface area contributed by atoms with Gasteiger partial charge in [0.1, 0.15) is 29.0 Å². The van der Waals surface area contributed by atoms with Crippen molar-refractivity contribution >= 4 is 29.3 Å². The van der Waals surface area contributed by atoms with Gasteiger partial charge in [-0.2, -0.15) is 5.26 Å². The highest BCUT2D eigenvalue weighted by Crippen LogP contribution is 2.22. The molecule has 7 nitrogen and oxygen atoms in total. The monoisotopic (exact) mass is 459 g/mol. The van der Waals surface area contributed by atoms with E-state index in [0.717, 1.165) is 0 Å². The molecule has 172 valence electrons. The molecule has 3 rings (SSSR count). The first-order valence-electron chi connectivity index (χ1n) is 10.4. The van der Waals surface area contributed by atoms with Gasteiger partial charge in [-0.15, -0.1) is 0 Å². The van der Waals surface area contributed by atoms with Crippen LogP contribution in [0.5, 0.6) is 11.5 Å². The number of anilines is 2. The lowest BCUT2D eigenvalue weighted by Crippen LogP contribution is -2.21. The van der Waals surface area contributed by atoms with E-state index in [0.29, 0.717) is 23.6 Å². The molecule has 0 bridgehead atoms. The van der Waals surface area contributed by atoms with E-state index < -0.39 is 17.6 Å². The van der Waals surface area contributed by atoms with Gasteiger partial charge in [-0.25, -0.2) is 4.39 Å². The Morgan fingerprint density at radius 1 is 0.971 bits per heavy atom. The molecule has 2 N–H and O–H groups in total. The zero-order valence-electron chi connectivity index (χ0n) is 18.4. The Bertz CT molecular complexity index is 1230. The van der Waals surface area contributed by atoms with Gasteiger partial charge < -0.3 is 20.1 Å². The maximum Gasteiger partial charge on any atom is 0.266 e. The highest BCUT2D eigenvalue weighted by molar-refractivity contribution is 6.09.